The van der Waals surface area contributed by atoms with Crippen LogP contribution in [0.5, 0.6) is 0 Å². The Morgan fingerprint density at radius 1 is 1.38 bits per heavy atom. The first-order valence-electron chi connectivity index (χ1n) is 5.16. The molecule has 3 heteroatoms. The van der Waals surface area contributed by atoms with Crippen LogP contribution in [-0.4, -0.2) is 18.0 Å². The van der Waals surface area contributed by atoms with Crippen molar-refractivity contribution >= 4 is 5.91 Å². The van der Waals surface area contributed by atoms with Crippen molar-refractivity contribution in [3.05, 3.63) is 0 Å². The Balaban J connectivity index is 2.51. The highest BCUT2D eigenvalue weighted by molar-refractivity contribution is 5.77. The summed E-state index contributed by atoms with van der Waals surface area (Å²) < 4.78 is 0. The maximum absolute atomic E-state index is 11.1. The van der Waals surface area contributed by atoms with Gasteiger partial charge in [-0.3, -0.25) is 4.79 Å². The summed E-state index contributed by atoms with van der Waals surface area (Å²) in [6.07, 6.45) is 4.41. The van der Waals surface area contributed by atoms with Gasteiger partial charge in [-0.1, -0.05) is 26.7 Å². The summed E-state index contributed by atoms with van der Waals surface area (Å²) in [5.41, 5.74) is 5.35. The van der Waals surface area contributed by atoms with Crippen LogP contribution in [0.4, 0.5) is 0 Å². The third-order valence-electron chi connectivity index (χ3n) is 2.68. The number of hydrogen-bond acceptors (Lipinski definition) is 2. The number of hydrogen-bond donors (Lipinski definition) is 2. The van der Waals surface area contributed by atoms with Gasteiger partial charge in [0, 0.05) is 12.1 Å². The van der Waals surface area contributed by atoms with Crippen LogP contribution < -0.4 is 11.1 Å². The molecule has 1 fully saturated rings. The molecule has 2 atom stereocenters. The van der Waals surface area contributed by atoms with Gasteiger partial charge in [-0.25, -0.2) is 0 Å². The van der Waals surface area contributed by atoms with E-state index in [0.29, 0.717) is 12.1 Å². The zero-order valence-electron chi connectivity index (χ0n) is 8.55. The van der Waals surface area contributed by atoms with Crippen LogP contribution >= 0.6 is 0 Å². The van der Waals surface area contributed by atoms with Gasteiger partial charge in [-0.15, -0.1) is 0 Å². The highest BCUT2D eigenvalue weighted by atomic mass is 16.1. The number of nitrogens with two attached hydrogens (primary N) is 1. The molecular weight excluding hydrogens is 164 g/mol. The summed E-state index contributed by atoms with van der Waals surface area (Å²) in [5, 5.41) is 3.41. The number of nitrogens with one attached hydrogen (secondary N) is 1. The molecule has 0 aromatic heterocycles. The average Bonchev–Trinajstić information content (AvgIpc) is 2.03. The molecule has 0 heterocycles. The molecular formula is C10H20N2O. The Morgan fingerprint density at radius 3 is 2.54 bits per heavy atom. The molecule has 3 nitrogen and oxygen atoms in total. The fourth-order valence-corrected chi connectivity index (χ4v) is 2.10. The molecule has 76 valence electrons. The first kappa shape index (κ1) is 10.5. The number of amides is 1. The maximum Gasteiger partial charge on any atom is 0.222 e. The standard InChI is InChI=1S/C10H20N2O/c1-7(2)12-9-6-4-3-5-8(9)10(11)13/h7-9,12H,3-6H2,1-2H3,(H2,11,13)/t8-,9-/m0/s1. The molecule has 0 aromatic rings. The van der Waals surface area contributed by atoms with Crippen molar-refractivity contribution in [1.29, 1.82) is 0 Å². The van der Waals surface area contributed by atoms with Gasteiger partial charge < -0.3 is 11.1 Å². The normalized spacial score (nSPS) is 29.2. The molecule has 0 spiro atoms. The summed E-state index contributed by atoms with van der Waals surface area (Å²) in [4.78, 5) is 11.1. The van der Waals surface area contributed by atoms with Gasteiger partial charge in [0.2, 0.25) is 5.91 Å². The summed E-state index contributed by atoms with van der Waals surface area (Å²) in [7, 11) is 0. The van der Waals surface area contributed by atoms with E-state index in [4.69, 9.17) is 5.73 Å². The maximum atomic E-state index is 11.1. The lowest BCUT2D eigenvalue weighted by molar-refractivity contribution is -0.123. The van der Waals surface area contributed by atoms with Crippen LogP contribution in [0.25, 0.3) is 0 Å². The summed E-state index contributed by atoms with van der Waals surface area (Å²) in [6, 6.07) is 0.746. The molecule has 3 N–H and O–H groups in total. The lowest BCUT2D eigenvalue weighted by Crippen LogP contribution is -2.47. The van der Waals surface area contributed by atoms with Crippen LogP contribution in [0.2, 0.25) is 0 Å². The van der Waals surface area contributed by atoms with Crippen LogP contribution in [0.1, 0.15) is 39.5 Å². The number of primary amides is 1. The van der Waals surface area contributed by atoms with Crippen LogP contribution in [0.3, 0.4) is 0 Å². The number of carbonyl (C=O) groups is 1. The predicted molar refractivity (Wildman–Crippen MR) is 53.2 cm³/mol. The Kier molecular flexibility index (Phi) is 3.72. The zero-order valence-corrected chi connectivity index (χ0v) is 8.55. The minimum atomic E-state index is -0.141. The van der Waals surface area contributed by atoms with Crippen molar-refractivity contribution < 1.29 is 4.79 Å². The highest BCUT2D eigenvalue weighted by Crippen LogP contribution is 2.24. The molecule has 0 aliphatic heterocycles. The Morgan fingerprint density at radius 2 is 2.00 bits per heavy atom. The Hall–Kier alpha value is -0.570. The third-order valence-corrected chi connectivity index (χ3v) is 2.68. The Bertz CT molecular complexity index is 180. The second-order valence-electron chi connectivity index (χ2n) is 4.22. The van der Waals surface area contributed by atoms with Crippen molar-refractivity contribution in [2.24, 2.45) is 11.7 Å². The van der Waals surface area contributed by atoms with Crippen molar-refractivity contribution in [3.8, 4) is 0 Å². The van der Waals surface area contributed by atoms with E-state index in [1.165, 1.54) is 6.42 Å². The van der Waals surface area contributed by atoms with Crippen molar-refractivity contribution in [1.82, 2.24) is 5.32 Å². The highest BCUT2D eigenvalue weighted by Gasteiger charge is 2.29. The van der Waals surface area contributed by atoms with Crippen molar-refractivity contribution in [2.75, 3.05) is 0 Å². The van der Waals surface area contributed by atoms with Crippen LogP contribution in [0.15, 0.2) is 0 Å². The van der Waals surface area contributed by atoms with E-state index < -0.39 is 0 Å². The molecule has 0 bridgehead atoms. The van der Waals surface area contributed by atoms with Crippen LogP contribution in [0, 0.1) is 5.92 Å². The van der Waals surface area contributed by atoms with Gasteiger partial charge in [0.1, 0.15) is 0 Å². The quantitative estimate of drug-likeness (QED) is 0.688. The zero-order chi connectivity index (χ0) is 9.84. The molecule has 13 heavy (non-hydrogen) atoms. The third kappa shape index (κ3) is 2.99. The van der Waals surface area contributed by atoms with Crippen LogP contribution in [-0.2, 0) is 4.79 Å². The Labute approximate surface area is 80.1 Å². The van der Waals surface area contributed by atoms with E-state index in [1.807, 2.05) is 0 Å². The molecule has 0 unspecified atom stereocenters. The minimum Gasteiger partial charge on any atom is -0.369 e. The van der Waals surface area contributed by atoms with Gasteiger partial charge in [0.05, 0.1) is 5.92 Å². The smallest absolute Gasteiger partial charge is 0.222 e. The fourth-order valence-electron chi connectivity index (χ4n) is 2.10. The van der Waals surface area contributed by atoms with Gasteiger partial charge in [0.25, 0.3) is 0 Å². The van der Waals surface area contributed by atoms with Gasteiger partial charge in [0.15, 0.2) is 0 Å². The first-order valence-corrected chi connectivity index (χ1v) is 5.16. The average molecular weight is 184 g/mol. The molecule has 1 aliphatic rings. The van der Waals surface area contributed by atoms with Gasteiger partial charge >= 0.3 is 0 Å². The van der Waals surface area contributed by atoms with E-state index in [1.54, 1.807) is 0 Å². The van der Waals surface area contributed by atoms with Gasteiger partial charge in [-0.2, -0.15) is 0 Å². The lowest BCUT2D eigenvalue weighted by Gasteiger charge is -2.31. The SMILES string of the molecule is CC(C)N[C@H]1CCCC[C@@H]1C(N)=O. The molecule has 1 aliphatic carbocycles. The predicted octanol–water partition coefficient (Wildman–Crippen LogP) is 1.03. The summed E-state index contributed by atoms with van der Waals surface area (Å²) in [6.45, 7) is 4.21. The summed E-state index contributed by atoms with van der Waals surface area (Å²) in [5.74, 6) is -0.0889. The number of rotatable bonds is 3. The van der Waals surface area contributed by atoms with Crippen molar-refractivity contribution in [2.45, 2.75) is 51.6 Å². The fraction of sp³-hybridized carbons (Fsp3) is 0.900. The monoisotopic (exact) mass is 184 g/mol. The second-order valence-corrected chi connectivity index (χ2v) is 4.22. The molecule has 0 saturated heterocycles. The lowest BCUT2D eigenvalue weighted by atomic mass is 9.84. The van der Waals surface area contributed by atoms with Crippen molar-refractivity contribution in [3.63, 3.8) is 0 Å². The first-order chi connectivity index (χ1) is 6.11. The largest absolute Gasteiger partial charge is 0.369 e. The summed E-state index contributed by atoms with van der Waals surface area (Å²) >= 11 is 0. The topological polar surface area (TPSA) is 55.1 Å². The van der Waals surface area contributed by atoms with Gasteiger partial charge in [-0.05, 0) is 12.8 Å². The van der Waals surface area contributed by atoms with E-state index in [2.05, 4.69) is 19.2 Å². The van der Waals surface area contributed by atoms with E-state index in [-0.39, 0.29) is 11.8 Å². The van der Waals surface area contributed by atoms with E-state index in [9.17, 15) is 4.79 Å². The van der Waals surface area contributed by atoms with E-state index >= 15 is 0 Å². The minimum absolute atomic E-state index is 0.0520. The second kappa shape index (κ2) is 4.61. The van der Waals surface area contributed by atoms with E-state index in [0.717, 1.165) is 19.3 Å². The number of carbonyl (C=O) groups excluding carboxylic acids is 1. The molecule has 1 amide bonds. The molecule has 1 rings (SSSR count). The molecule has 0 aromatic carbocycles. The molecule has 0 radical (unpaired) electrons. The molecule has 1 saturated carbocycles.